The first-order valence-corrected chi connectivity index (χ1v) is 5.67. The van der Waals surface area contributed by atoms with Crippen LogP contribution in [0.15, 0.2) is 10.1 Å². The molecule has 0 bridgehead atoms. The highest BCUT2D eigenvalue weighted by Gasteiger charge is 2.22. The minimum Gasteiger partial charge on any atom is -0.398 e. The minimum atomic E-state index is -0.757. The maximum absolute atomic E-state index is 11.2. The first-order valence-electron chi connectivity index (χ1n) is 4.47. The Balaban J connectivity index is 3.32. The van der Waals surface area contributed by atoms with E-state index in [0.717, 1.165) is 0 Å². The third kappa shape index (κ3) is 3.01. The molecule has 0 aliphatic carbocycles. The molecule has 0 atom stereocenters. The molecule has 0 spiro atoms. The van der Waals surface area contributed by atoms with Crippen LogP contribution >= 0.6 is 22.9 Å². The molecule has 1 aromatic heterocycles. The number of thiazole rings is 1. The van der Waals surface area contributed by atoms with Crippen LogP contribution in [-0.4, -0.2) is 43.9 Å². The van der Waals surface area contributed by atoms with Gasteiger partial charge in [-0.2, -0.15) is 0 Å². The van der Waals surface area contributed by atoms with E-state index in [4.69, 9.17) is 11.6 Å². The molecule has 0 radical (unpaired) electrons. The van der Waals surface area contributed by atoms with E-state index in [0.29, 0.717) is 10.1 Å². The number of anilines is 1. The number of nitrogens with zero attached hydrogens (tertiary/aromatic N) is 4. The first kappa shape index (κ1) is 13.6. The van der Waals surface area contributed by atoms with Gasteiger partial charge in [-0.1, -0.05) is 16.5 Å². The van der Waals surface area contributed by atoms with E-state index in [-0.39, 0.29) is 11.4 Å². The summed E-state index contributed by atoms with van der Waals surface area (Å²) < 4.78 is 0. The van der Waals surface area contributed by atoms with Crippen molar-refractivity contribution in [2.45, 2.75) is 0 Å². The topological polar surface area (TPSA) is 67.2 Å². The average molecular weight is 275 g/mol. The van der Waals surface area contributed by atoms with Crippen LogP contribution in [0, 0.1) is 0 Å². The van der Waals surface area contributed by atoms with Crippen LogP contribution in [0.2, 0.25) is 0 Å². The largest absolute Gasteiger partial charge is 0.398 e. The zero-order valence-corrected chi connectivity index (χ0v) is 11.2. The van der Waals surface area contributed by atoms with Crippen molar-refractivity contribution in [2.75, 3.05) is 26.1 Å². The smallest absolute Gasteiger partial charge is 0.276 e. The third-order valence-corrected chi connectivity index (χ3v) is 3.05. The summed E-state index contributed by atoms with van der Waals surface area (Å²) in [6.45, 7) is 3.42. The number of hydrogen-bond acceptors (Lipinski definition) is 7. The van der Waals surface area contributed by atoms with Gasteiger partial charge in [0.15, 0.2) is 10.8 Å². The maximum atomic E-state index is 11.2. The fourth-order valence-electron chi connectivity index (χ4n) is 1.02. The van der Waals surface area contributed by atoms with Gasteiger partial charge in [0.2, 0.25) is 0 Å². The Labute approximate surface area is 108 Å². The van der Waals surface area contributed by atoms with Gasteiger partial charge in [0.25, 0.3) is 5.24 Å². The summed E-state index contributed by atoms with van der Waals surface area (Å²) in [5.41, 5.74) is 0.191. The lowest BCUT2D eigenvalue weighted by atomic mass is 10.3. The second kappa shape index (κ2) is 5.74. The third-order valence-electron chi connectivity index (χ3n) is 1.72. The summed E-state index contributed by atoms with van der Waals surface area (Å²) in [6, 6.07) is 0. The van der Waals surface area contributed by atoms with Crippen molar-refractivity contribution < 1.29 is 9.63 Å². The highest BCUT2D eigenvalue weighted by molar-refractivity contribution is 7.19. The normalized spacial score (nSPS) is 11.2. The molecule has 0 saturated carbocycles. The van der Waals surface area contributed by atoms with Crippen LogP contribution in [0.5, 0.6) is 0 Å². The summed E-state index contributed by atoms with van der Waals surface area (Å²) in [7, 11) is 4.97. The zero-order valence-electron chi connectivity index (χ0n) is 9.60. The van der Waals surface area contributed by atoms with Crippen LogP contribution in [0.4, 0.5) is 10.1 Å². The van der Waals surface area contributed by atoms with E-state index in [1.54, 1.807) is 4.90 Å². The Bertz CT molecular complexity index is 470. The summed E-state index contributed by atoms with van der Waals surface area (Å²) >= 11 is 6.69. The number of hydrogen-bond donors (Lipinski definition) is 0. The van der Waals surface area contributed by atoms with E-state index in [1.807, 2.05) is 14.1 Å². The van der Waals surface area contributed by atoms with Gasteiger partial charge in [-0.05, 0) is 18.3 Å². The van der Waals surface area contributed by atoms with Gasteiger partial charge < -0.3 is 9.74 Å². The van der Waals surface area contributed by atoms with Gasteiger partial charge in [-0.15, -0.1) is 0 Å². The Morgan fingerprint density at radius 1 is 1.59 bits per heavy atom. The molecule has 6 nitrogen and oxygen atoms in total. The molecule has 0 fully saturated rings. The van der Waals surface area contributed by atoms with Crippen LogP contribution in [0.1, 0.15) is 5.69 Å². The van der Waals surface area contributed by atoms with Gasteiger partial charge in [0.1, 0.15) is 17.8 Å². The van der Waals surface area contributed by atoms with Gasteiger partial charge in [0, 0.05) is 14.1 Å². The molecular formula is C9H11ClN4O2S. The molecule has 0 aliphatic rings. The minimum absolute atomic E-state index is 0.0825. The van der Waals surface area contributed by atoms with Gasteiger partial charge in [-0.3, -0.25) is 9.79 Å². The summed E-state index contributed by atoms with van der Waals surface area (Å²) in [5, 5.41) is 3.93. The predicted octanol–water partition coefficient (Wildman–Crippen LogP) is 1.66. The number of aromatic nitrogens is 1. The number of oxime groups is 1. The highest BCUT2D eigenvalue weighted by Crippen LogP contribution is 2.33. The zero-order chi connectivity index (χ0) is 13.0. The molecule has 0 aromatic carbocycles. The fourth-order valence-corrected chi connectivity index (χ4v) is 1.94. The van der Waals surface area contributed by atoms with Crippen molar-refractivity contribution in [1.82, 2.24) is 4.98 Å². The molecule has 0 N–H and O–H groups in total. The lowest BCUT2D eigenvalue weighted by molar-refractivity contribution is -0.106. The number of halogens is 1. The standard InChI is InChI=1S/C9H11ClN4O2S/c1-11-8-6(5(7(10)15)13-16-4)12-9(17-8)14(2)3/h1H2,2-4H3. The van der Waals surface area contributed by atoms with Crippen LogP contribution in [0.3, 0.4) is 0 Å². The highest BCUT2D eigenvalue weighted by atomic mass is 35.5. The molecule has 17 heavy (non-hydrogen) atoms. The SMILES string of the molecule is C=Nc1sc(N(C)C)nc1C(=NOC)C(=O)Cl. The molecular weight excluding hydrogens is 264 g/mol. The van der Waals surface area contributed by atoms with E-state index < -0.39 is 5.24 Å². The summed E-state index contributed by atoms with van der Waals surface area (Å²) in [5.74, 6) is 0. The van der Waals surface area contributed by atoms with Crippen molar-refractivity contribution in [3.05, 3.63) is 5.69 Å². The Kier molecular flexibility index (Phi) is 4.59. The van der Waals surface area contributed by atoms with Crippen molar-refractivity contribution in [1.29, 1.82) is 0 Å². The fraction of sp³-hybridized carbons (Fsp3) is 0.333. The van der Waals surface area contributed by atoms with E-state index in [9.17, 15) is 4.79 Å². The average Bonchev–Trinajstić information content (AvgIpc) is 2.69. The van der Waals surface area contributed by atoms with Crippen molar-refractivity contribution in [3.8, 4) is 0 Å². The number of rotatable bonds is 5. The van der Waals surface area contributed by atoms with E-state index in [1.165, 1.54) is 18.4 Å². The van der Waals surface area contributed by atoms with Gasteiger partial charge in [-0.25, -0.2) is 4.98 Å². The van der Waals surface area contributed by atoms with Gasteiger partial charge in [0.05, 0.1) is 0 Å². The first-order chi connectivity index (χ1) is 8.01. The lowest BCUT2D eigenvalue weighted by Gasteiger charge is -2.05. The van der Waals surface area contributed by atoms with E-state index >= 15 is 0 Å². The predicted molar refractivity (Wildman–Crippen MR) is 70.1 cm³/mol. The molecule has 0 aliphatic heterocycles. The summed E-state index contributed by atoms with van der Waals surface area (Å²) in [4.78, 5) is 25.6. The molecule has 1 rings (SSSR count). The second-order valence-electron chi connectivity index (χ2n) is 3.10. The second-order valence-corrected chi connectivity index (χ2v) is 4.40. The quantitative estimate of drug-likeness (QED) is 0.465. The Hall–Kier alpha value is -1.47. The van der Waals surface area contributed by atoms with E-state index in [2.05, 4.69) is 26.7 Å². The number of aliphatic imine (C=N–C) groups is 1. The molecule has 0 unspecified atom stereocenters. The molecule has 0 saturated heterocycles. The molecule has 8 heteroatoms. The molecule has 1 aromatic rings. The molecule has 0 amide bonds. The van der Waals surface area contributed by atoms with Crippen LogP contribution in [0.25, 0.3) is 0 Å². The van der Waals surface area contributed by atoms with Crippen molar-refractivity contribution in [3.63, 3.8) is 0 Å². The monoisotopic (exact) mass is 274 g/mol. The van der Waals surface area contributed by atoms with Crippen molar-refractivity contribution >= 4 is 50.7 Å². The Morgan fingerprint density at radius 2 is 2.24 bits per heavy atom. The number of carbonyl (C=O) groups excluding carboxylic acids is 1. The Morgan fingerprint density at radius 3 is 2.65 bits per heavy atom. The van der Waals surface area contributed by atoms with Crippen LogP contribution in [-0.2, 0) is 9.63 Å². The van der Waals surface area contributed by atoms with Gasteiger partial charge >= 0.3 is 0 Å². The maximum Gasteiger partial charge on any atom is 0.276 e. The molecule has 92 valence electrons. The lowest BCUT2D eigenvalue weighted by Crippen LogP contribution is -2.13. The molecule has 1 heterocycles. The summed E-state index contributed by atoms with van der Waals surface area (Å²) in [6.07, 6.45) is 0. The van der Waals surface area contributed by atoms with Crippen LogP contribution < -0.4 is 4.90 Å². The van der Waals surface area contributed by atoms with Crippen molar-refractivity contribution in [2.24, 2.45) is 10.1 Å². The number of carbonyl (C=O) groups is 1.